The summed E-state index contributed by atoms with van der Waals surface area (Å²) in [6.07, 6.45) is 0.649. The molecule has 3 aromatic heterocycles. The van der Waals surface area contributed by atoms with Crippen molar-refractivity contribution in [3.05, 3.63) is 108 Å². The van der Waals surface area contributed by atoms with E-state index in [1.807, 2.05) is 53.9 Å². The molecule has 3 aromatic carbocycles. The predicted molar refractivity (Wildman–Crippen MR) is 154 cm³/mol. The van der Waals surface area contributed by atoms with E-state index in [-0.39, 0.29) is 5.95 Å². The van der Waals surface area contributed by atoms with Crippen molar-refractivity contribution < 1.29 is 0 Å². The number of rotatable bonds is 4. The maximum Gasteiger partial charge on any atom is 0.220 e. The average molecular weight is 533 g/mol. The standard InChI is InChI=1S/C30H20N4S3/c31-30-33-22-14-13-21(32-27(22)23(34-30)17-18-7-2-1-3-8-18)19-15-16-35-28(19)20-9-6-12-26-29(20)37-25-11-5-4-10-24(25)36-26/h1-16H,17H2,(H2,31,33,34). The van der Waals surface area contributed by atoms with E-state index in [0.717, 1.165) is 33.5 Å². The summed E-state index contributed by atoms with van der Waals surface area (Å²) in [4.78, 5) is 20.6. The molecule has 7 rings (SSSR count). The van der Waals surface area contributed by atoms with Crippen molar-refractivity contribution in [1.82, 2.24) is 15.0 Å². The number of hydrogen-bond donors (Lipinski definition) is 1. The highest BCUT2D eigenvalue weighted by atomic mass is 32.2. The number of thiophene rings is 1. The second kappa shape index (κ2) is 9.34. The molecule has 0 radical (unpaired) electrons. The lowest BCUT2D eigenvalue weighted by molar-refractivity contribution is 1.06. The van der Waals surface area contributed by atoms with Crippen LogP contribution in [0.4, 0.5) is 5.95 Å². The molecule has 7 heteroatoms. The molecule has 0 aliphatic carbocycles. The minimum atomic E-state index is 0.273. The van der Waals surface area contributed by atoms with Crippen molar-refractivity contribution in [2.75, 3.05) is 5.73 Å². The molecule has 37 heavy (non-hydrogen) atoms. The van der Waals surface area contributed by atoms with E-state index in [2.05, 4.69) is 76.0 Å². The van der Waals surface area contributed by atoms with Gasteiger partial charge in [0.05, 0.1) is 16.9 Å². The van der Waals surface area contributed by atoms with Crippen LogP contribution in [0.25, 0.3) is 32.7 Å². The van der Waals surface area contributed by atoms with Crippen LogP contribution in [0.3, 0.4) is 0 Å². The third-order valence-corrected chi connectivity index (χ3v) is 9.85. The summed E-state index contributed by atoms with van der Waals surface area (Å²) in [5.41, 5.74) is 12.9. The van der Waals surface area contributed by atoms with Crippen molar-refractivity contribution in [2.45, 2.75) is 26.0 Å². The first-order valence-electron chi connectivity index (χ1n) is 11.9. The van der Waals surface area contributed by atoms with Crippen molar-refractivity contribution in [3.63, 3.8) is 0 Å². The van der Waals surface area contributed by atoms with Crippen molar-refractivity contribution in [2.24, 2.45) is 0 Å². The maximum atomic E-state index is 6.06. The van der Waals surface area contributed by atoms with Crippen LogP contribution in [0.5, 0.6) is 0 Å². The summed E-state index contributed by atoms with van der Waals surface area (Å²) >= 11 is 5.44. The number of anilines is 1. The summed E-state index contributed by atoms with van der Waals surface area (Å²) in [5, 5.41) is 2.15. The van der Waals surface area contributed by atoms with Gasteiger partial charge in [0, 0.05) is 42.0 Å². The summed E-state index contributed by atoms with van der Waals surface area (Å²) in [5.74, 6) is 0.273. The SMILES string of the molecule is Nc1nc(Cc2ccccc2)c2nc(-c3ccsc3-c3cccc4c3Sc3ccccc3S4)ccc2n1. The van der Waals surface area contributed by atoms with Crippen LogP contribution in [0.15, 0.2) is 116 Å². The Morgan fingerprint density at radius 1 is 0.649 bits per heavy atom. The van der Waals surface area contributed by atoms with Crippen LogP contribution in [-0.4, -0.2) is 15.0 Å². The fourth-order valence-electron chi connectivity index (χ4n) is 4.60. The van der Waals surface area contributed by atoms with Gasteiger partial charge in [-0.1, -0.05) is 78.1 Å². The Labute approximate surface area is 227 Å². The third kappa shape index (κ3) is 4.19. The van der Waals surface area contributed by atoms with Gasteiger partial charge in [0.2, 0.25) is 5.95 Å². The number of pyridine rings is 1. The van der Waals surface area contributed by atoms with E-state index in [1.54, 1.807) is 11.3 Å². The molecule has 0 atom stereocenters. The highest BCUT2D eigenvalue weighted by molar-refractivity contribution is 8.05. The van der Waals surface area contributed by atoms with E-state index in [1.165, 1.54) is 30.0 Å². The predicted octanol–water partition coefficient (Wildman–Crippen LogP) is 8.21. The Morgan fingerprint density at radius 2 is 1.43 bits per heavy atom. The molecular formula is C30H20N4S3. The van der Waals surface area contributed by atoms with Gasteiger partial charge in [-0.05, 0) is 47.3 Å². The van der Waals surface area contributed by atoms with Gasteiger partial charge in [-0.2, -0.15) is 0 Å². The molecule has 4 nitrogen and oxygen atoms in total. The molecule has 0 fully saturated rings. The number of nitrogens with zero attached hydrogens (tertiary/aromatic N) is 3. The quantitative estimate of drug-likeness (QED) is 0.246. The van der Waals surface area contributed by atoms with Gasteiger partial charge in [-0.15, -0.1) is 11.3 Å². The molecule has 0 amide bonds. The average Bonchev–Trinajstić information content (AvgIpc) is 3.42. The van der Waals surface area contributed by atoms with E-state index in [0.29, 0.717) is 6.42 Å². The van der Waals surface area contributed by atoms with Crippen LogP contribution in [0, 0.1) is 0 Å². The normalized spacial score (nSPS) is 12.3. The number of aromatic nitrogens is 3. The first-order valence-corrected chi connectivity index (χ1v) is 14.4. The number of nitrogens with two attached hydrogens (primary N) is 1. The number of nitrogen functional groups attached to an aromatic ring is 1. The van der Waals surface area contributed by atoms with E-state index < -0.39 is 0 Å². The van der Waals surface area contributed by atoms with Crippen LogP contribution >= 0.6 is 34.9 Å². The summed E-state index contributed by atoms with van der Waals surface area (Å²) in [6.45, 7) is 0. The zero-order valence-electron chi connectivity index (χ0n) is 19.6. The number of fused-ring (bicyclic) bond motifs is 3. The molecule has 0 unspecified atom stereocenters. The summed E-state index contributed by atoms with van der Waals surface area (Å²) in [6, 6.07) is 31.7. The van der Waals surface area contributed by atoms with Gasteiger partial charge >= 0.3 is 0 Å². The third-order valence-electron chi connectivity index (χ3n) is 6.29. The minimum Gasteiger partial charge on any atom is -0.368 e. The lowest BCUT2D eigenvalue weighted by atomic mass is 10.1. The van der Waals surface area contributed by atoms with Crippen LogP contribution < -0.4 is 5.73 Å². The lowest BCUT2D eigenvalue weighted by Gasteiger charge is -2.21. The Morgan fingerprint density at radius 3 is 2.30 bits per heavy atom. The Balaban J connectivity index is 1.33. The second-order valence-corrected chi connectivity index (χ2v) is 11.8. The molecule has 178 valence electrons. The van der Waals surface area contributed by atoms with Crippen molar-refractivity contribution >= 4 is 51.8 Å². The largest absolute Gasteiger partial charge is 0.368 e. The fraction of sp³-hybridized carbons (Fsp3) is 0.0333. The molecule has 1 aliphatic heterocycles. The van der Waals surface area contributed by atoms with E-state index in [9.17, 15) is 0 Å². The first-order chi connectivity index (χ1) is 18.2. The van der Waals surface area contributed by atoms with Gasteiger partial charge in [0.15, 0.2) is 0 Å². The molecule has 4 heterocycles. The maximum absolute atomic E-state index is 6.06. The first kappa shape index (κ1) is 22.5. The zero-order valence-corrected chi connectivity index (χ0v) is 22.0. The van der Waals surface area contributed by atoms with Crippen molar-refractivity contribution in [3.8, 4) is 21.7 Å². The zero-order chi connectivity index (χ0) is 24.8. The Kier molecular flexibility index (Phi) is 5.69. The van der Waals surface area contributed by atoms with Gasteiger partial charge in [-0.25, -0.2) is 15.0 Å². The number of hydrogen-bond acceptors (Lipinski definition) is 7. The highest BCUT2D eigenvalue weighted by Crippen LogP contribution is 2.53. The second-order valence-electron chi connectivity index (χ2n) is 8.70. The Bertz CT molecular complexity index is 1780. The number of benzene rings is 3. The van der Waals surface area contributed by atoms with Gasteiger partial charge in [-0.3, -0.25) is 0 Å². The molecule has 1 aliphatic rings. The molecule has 0 saturated heterocycles. The minimum absolute atomic E-state index is 0.273. The van der Waals surface area contributed by atoms with Crippen LogP contribution in [0.2, 0.25) is 0 Å². The molecule has 0 saturated carbocycles. The Hall–Kier alpha value is -3.65. The topological polar surface area (TPSA) is 64.7 Å². The van der Waals surface area contributed by atoms with Gasteiger partial charge in [0.1, 0.15) is 5.52 Å². The molecular weight excluding hydrogens is 513 g/mol. The molecule has 0 spiro atoms. The highest BCUT2D eigenvalue weighted by Gasteiger charge is 2.23. The van der Waals surface area contributed by atoms with Gasteiger partial charge < -0.3 is 5.73 Å². The summed E-state index contributed by atoms with van der Waals surface area (Å²) in [7, 11) is 0. The summed E-state index contributed by atoms with van der Waals surface area (Å²) < 4.78 is 0. The molecule has 2 N–H and O–H groups in total. The smallest absolute Gasteiger partial charge is 0.220 e. The van der Waals surface area contributed by atoms with Gasteiger partial charge in [0.25, 0.3) is 0 Å². The van der Waals surface area contributed by atoms with Crippen molar-refractivity contribution in [1.29, 1.82) is 0 Å². The van der Waals surface area contributed by atoms with E-state index >= 15 is 0 Å². The lowest BCUT2D eigenvalue weighted by Crippen LogP contribution is -2.03. The fourth-order valence-corrected chi connectivity index (χ4v) is 7.99. The molecule has 0 bridgehead atoms. The monoisotopic (exact) mass is 532 g/mol. The molecule has 6 aromatic rings. The van der Waals surface area contributed by atoms with Crippen LogP contribution in [0.1, 0.15) is 11.3 Å². The van der Waals surface area contributed by atoms with Crippen LogP contribution in [-0.2, 0) is 6.42 Å². The van der Waals surface area contributed by atoms with E-state index in [4.69, 9.17) is 10.7 Å².